The SMILES string of the molecule is CC(=Cc1ccccc1)C(=O)C(C=O)=CCCc1ccccc1. The van der Waals surface area contributed by atoms with Crippen LogP contribution in [0.2, 0.25) is 0 Å². The molecular weight excluding hydrogens is 284 g/mol. The van der Waals surface area contributed by atoms with Crippen LogP contribution in [0, 0.1) is 0 Å². The van der Waals surface area contributed by atoms with Crippen molar-refractivity contribution >= 4 is 18.1 Å². The average Bonchev–Trinajstić information content (AvgIpc) is 2.60. The normalized spacial score (nSPS) is 12.0. The maximum Gasteiger partial charge on any atom is 0.191 e. The van der Waals surface area contributed by atoms with Crippen LogP contribution >= 0.6 is 0 Å². The summed E-state index contributed by atoms with van der Waals surface area (Å²) in [6, 6.07) is 19.6. The number of ketones is 1. The third kappa shape index (κ3) is 5.19. The van der Waals surface area contributed by atoms with E-state index in [2.05, 4.69) is 0 Å². The van der Waals surface area contributed by atoms with Gasteiger partial charge in [0.25, 0.3) is 0 Å². The summed E-state index contributed by atoms with van der Waals surface area (Å²) in [7, 11) is 0. The molecule has 2 aromatic carbocycles. The first-order valence-electron chi connectivity index (χ1n) is 7.68. The average molecular weight is 304 g/mol. The fourth-order valence-corrected chi connectivity index (χ4v) is 2.33. The number of carbonyl (C=O) groups is 2. The number of rotatable bonds is 7. The highest BCUT2D eigenvalue weighted by Gasteiger charge is 2.10. The number of carbonyl (C=O) groups excluding carboxylic acids is 2. The number of Topliss-reactive ketones (excluding diaryl/α,β-unsaturated/α-hetero) is 1. The van der Waals surface area contributed by atoms with E-state index < -0.39 is 0 Å². The molecule has 116 valence electrons. The largest absolute Gasteiger partial charge is 0.298 e. The van der Waals surface area contributed by atoms with Gasteiger partial charge in [-0.1, -0.05) is 66.7 Å². The summed E-state index contributed by atoms with van der Waals surface area (Å²) in [5.74, 6) is -0.211. The quantitative estimate of drug-likeness (QED) is 0.328. The van der Waals surface area contributed by atoms with E-state index in [4.69, 9.17) is 0 Å². The maximum absolute atomic E-state index is 12.4. The van der Waals surface area contributed by atoms with E-state index in [1.54, 1.807) is 19.1 Å². The number of benzene rings is 2. The maximum atomic E-state index is 12.4. The van der Waals surface area contributed by atoms with Crippen LogP contribution in [0.25, 0.3) is 6.08 Å². The van der Waals surface area contributed by atoms with Crippen LogP contribution in [0.1, 0.15) is 24.5 Å². The molecule has 0 aliphatic carbocycles. The van der Waals surface area contributed by atoms with Crippen LogP contribution in [-0.2, 0) is 16.0 Å². The van der Waals surface area contributed by atoms with Gasteiger partial charge in [-0.25, -0.2) is 0 Å². The summed E-state index contributed by atoms with van der Waals surface area (Å²) in [5.41, 5.74) is 2.94. The lowest BCUT2D eigenvalue weighted by Gasteiger charge is -2.02. The molecule has 0 amide bonds. The van der Waals surface area contributed by atoms with E-state index in [0.29, 0.717) is 18.3 Å². The molecule has 0 atom stereocenters. The summed E-state index contributed by atoms with van der Waals surface area (Å²) >= 11 is 0. The van der Waals surface area contributed by atoms with Crippen LogP contribution in [0.3, 0.4) is 0 Å². The lowest BCUT2D eigenvalue weighted by molar-refractivity contribution is -0.114. The molecule has 0 N–H and O–H groups in total. The van der Waals surface area contributed by atoms with Gasteiger partial charge in [0.1, 0.15) is 0 Å². The van der Waals surface area contributed by atoms with E-state index in [0.717, 1.165) is 12.0 Å². The third-order valence-corrected chi connectivity index (χ3v) is 3.57. The molecule has 0 saturated heterocycles. The zero-order valence-corrected chi connectivity index (χ0v) is 13.2. The summed E-state index contributed by atoms with van der Waals surface area (Å²) in [4.78, 5) is 23.6. The predicted molar refractivity (Wildman–Crippen MR) is 94.0 cm³/mol. The smallest absolute Gasteiger partial charge is 0.191 e. The van der Waals surface area contributed by atoms with Crippen molar-refractivity contribution in [2.45, 2.75) is 19.8 Å². The number of aryl methyl sites for hydroxylation is 1. The summed E-state index contributed by atoms with van der Waals surface area (Å²) in [6.45, 7) is 1.74. The molecule has 0 unspecified atom stereocenters. The van der Waals surface area contributed by atoms with Gasteiger partial charge < -0.3 is 0 Å². The molecule has 0 aliphatic rings. The molecule has 23 heavy (non-hydrogen) atoms. The van der Waals surface area contributed by atoms with Crippen molar-refractivity contribution in [3.63, 3.8) is 0 Å². The minimum absolute atomic E-state index is 0.211. The van der Waals surface area contributed by atoms with Crippen molar-refractivity contribution in [1.29, 1.82) is 0 Å². The van der Waals surface area contributed by atoms with Gasteiger partial charge in [0.15, 0.2) is 12.1 Å². The van der Waals surface area contributed by atoms with Gasteiger partial charge in [-0.2, -0.15) is 0 Å². The molecule has 0 aromatic heterocycles. The Hall–Kier alpha value is -2.74. The molecule has 0 aliphatic heterocycles. The topological polar surface area (TPSA) is 34.1 Å². The van der Waals surface area contributed by atoms with Crippen LogP contribution in [-0.4, -0.2) is 12.1 Å². The first-order valence-corrected chi connectivity index (χ1v) is 7.68. The second-order valence-corrected chi connectivity index (χ2v) is 5.37. The molecule has 0 spiro atoms. The Morgan fingerprint density at radius 2 is 1.57 bits per heavy atom. The fraction of sp³-hybridized carbons (Fsp3) is 0.143. The lowest BCUT2D eigenvalue weighted by atomic mass is 10.0. The summed E-state index contributed by atoms with van der Waals surface area (Å²) in [5, 5.41) is 0. The first-order chi connectivity index (χ1) is 11.2. The van der Waals surface area contributed by atoms with Crippen LogP contribution < -0.4 is 0 Å². The highest BCUT2D eigenvalue weighted by molar-refractivity contribution is 6.21. The highest BCUT2D eigenvalue weighted by atomic mass is 16.1. The third-order valence-electron chi connectivity index (χ3n) is 3.57. The summed E-state index contributed by atoms with van der Waals surface area (Å²) in [6.07, 6.45) is 5.66. The standard InChI is InChI=1S/C21H20O2/c1-17(15-19-11-6-3-7-12-19)21(23)20(16-22)14-8-13-18-9-4-2-5-10-18/h2-7,9-12,14-16H,8,13H2,1H3. The van der Waals surface area contributed by atoms with E-state index in [1.165, 1.54) is 5.56 Å². The first kappa shape index (κ1) is 16.6. The molecule has 2 heteroatoms. The molecule has 0 bridgehead atoms. The second-order valence-electron chi connectivity index (χ2n) is 5.37. The zero-order valence-electron chi connectivity index (χ0n) is 13.2. The van der Waals surface area contributed by atoms with Crippen LogP contribution in [0.5, 0.6) is 0 Å². The number of aldehydes is 1. The molecule has 0 saturated carbocycles. The minimum Gasteiger partial charge on any atom is -0.298 e. The molecule has 0 fully saturated rings. The Labute approximate surface area is 137 Å². The summed E-state index contributed by atoms with van der Waals surface area (Å²) < 4.78 is 0. The highest BCUT2D eigenvalue weighted by Crippen LogP contribution is 2.12. The van der Waals surface area contributed by atoms with Crippen molar-refractivity contribution in [2.75, 3.05) is 0 Å². The van der Waals surface area contributed by atoms with E-state index in [-0.39, 0.29) is 11.4 Å². The Morgan fingerprint density at radius 1 is 0.957 bits per heavy atom. The number of allylic oxidation sites excluding steroid dienone is 3. The Bertz CT molecular complexity index is 710. The van der Waals surface area contributed by atoms with Gasteiger partial charge in [0, 0.05) is 0 Å². The van der Waals surface area contributed by atoms with E-state index >= 15 is 0 Å². The van der Waals surface area contributed by atoms with E-state index in [9.17, 15) is 9.59 Å². The van der Waals surface area contributed by atoms with Crippen LogP contribution in [0.4, 0.5) is 0 Å². The van der Waals surface area contributed by atoms with Crippen molar-refractivity contribution < 1.29 is 9.59 Å². The van der Waals surface area contributed by atoms with Crippen molar-refractivity contribution in [3.8, 4) is 0 Å². The molecule has 2 nitrogen and oxygen atoms in total. The van der Waals surface area contributed by atoms with Crippen molar-refractivity contribution in [3.05, 3.63) is 89.0 Å². The van der Waals surface area contributed by atoms with Gasteiger partial charge in [0.2, 0.25) is 0 Å². The second kappa shape index (κ2) is 8.64. The van der Waals surface area contributed by atoms with E-state index in [1.807, 2.05) is 60.7 Å². The van der Waals surface area contributed by atoms with Gasteiger partial charge in [-0.05, 0) is 42.5 Å². The minimum atomic E-state index is -0.211. The lowest BCUT2D eigenvalue weighted by Crippen LogP contribution is -2.05. The van der Waals surface area contributed by atoms with Gasteiger partial charge >= 0.3 is 0 Å². The number of hydrogen-bond donors (Lipinski definition) is 0. The van der Waals surface area contributed by atoms with Gasteiger partial charge in [0.05, 0.1) is 5.57 Å². The predicted octanol–water partition coefficient (Wildman–Crippen LogP) is 4.42. The van der Waals surface area contributed by atoms with Crippen LogP contribution in [0.15, 0.2) is 77.9 Å². The zero-order chi connectivity index (χ0) is 16.5. The molecule has 2 rings (SSSR count). The van der Waals surface area contributed by atoms with Gasteiger partial charge in [-0.3, -0.25) is 9.59 Å². The number of hydrogen-bond acceptors (Lipinski definition) is 2. The molecular formula is C21H20O2. The van der Waals surface area contributed by atoms with Gasteiger partial charge in [-0.15, -0.1) is 0 Å². The fourth-order valence-electron chi connectivity index (χ4n) is 2.33. The Balaban J connectivity index is 2.04. The monoisotopic (exact) mass is 304 g/mol. The Morgan fingerprint density at radius 3 is 2.17 bits per heavy atom. The van der Waals surface area contributed by atoms with Crippen molar-refractivity contribution in [2.24, 2.45) is 0 Å². The molecule has 0 radical (unpaired) electrons. The molecule has 0 heterocycles. The molecule has 2 aromatic rings. The van der Waals surface area contributed by atoms with Crippen molar-refractivity contribution in [1.82, 2.24) is 0 Å². The Kier molecular flexibility index (Phi) is 6.25.